The number of amides is 1. The van der Waals surface area contributed by atoms with Gasteiger partial charge in [0.1, 0.15) is 0 Å². The molecule has 2 aromatic heterocycles. The predicted molar refractivity (Wildman–Crippen MR) is 80.6 cm³/mol. The molecule has 0 atom stereocenters. The number of nitrogens with one attached hydrogen (secondary N) is 1. The second-order valence-corrected chi connectivity index (χ2v) is 4.82. The summed E-state index contributed by atoms with van der Waals surface area (Å²) in [6.07, 6.45) is 1.63. The largest absolute Gasteiger partial charge is 0.380 e. The van der Waals surface area contributed by atoms with Crippen molar-refractivity contribution in [3.63, 3.8) is 0 Å². The van der Waals surface area contributed by atoms with Crippen molar-refractivity contribution in [2.75, 3.05) is 12.4 Å². The number of anilines is 1. The molecule has 7 heteroatoms. The van der Waals surface area contributed by atoms with E-state index >= 15 is 0 Å². The number of carbonyl (C=O) groups is 1. The minimum Gasteiger partial charge on any atom is -0.380 e. The molecule has 0 saturated heterocycles. The first-order valence-electron chi connectivity index (χ1n) is 6.75. The van der Waals surface area contributed by atoms with Gasteiger partial charge in [-0.1, -0.05) is 12.1 Å². The van der Waals surface area contributed by atoms with E-state index in [4.69, 9.17) is 4.74 Å². The normalized spacial score (nSPS) is 10.8. The van der Waals surface area contributed by atoms with Gasteiger partial charge in [0.2, 0.25) is 5.82 Å². The average Bonchev–Trinajstić information content (AvgIpc) is 2.94. The minimum absolute atomic E-state index is 0.0824. The fourth-order valence-electron chi connectivity index (χ4n) is 2.10. The smallest absolute Gasteiger partial charge is 0.295 e. The summed E-state index contributed by atoms with van der Waals surface area (Å²) < 4.78 is 6.61. The molecule has 0 aliphatic rings. The average molecular weight is 297 g/mol. The fraction of sp³-hybridized carbons (Fsp3) is 0.200. The topological polar surface area (TPSA) is 81.4 Å². The van der Waals surface area contributed by atoms with Gasteiger partial charge in [-0.05, 0) is 30.7 Å². The predicted octanol–water partition coefficient (Wildman–Crippen LogP) is 1.83. The van der Waals surface area contributed by atoms with Crippen LogP contribution in [0, 0.1) is 6.92 Å². The first-order chi connectivity index (χ1) is 10.7. The Bertz CT molecular complexity index is 828. The summed E-state index contributed by atoms with van der Waals surface area (Å²) >= 11 is 0. The van der Waals surface area contributed by atoms with Crippen LogP contribution in [0.4, 0.5) is 5.69 Å². The van der Waals surface area contributed by atoms with Gasteiger partial charge in [-0.25, -0.2) is 9.50 Å². The van der Waals surface area contributed by atoms with Crippen LogP contribution in [0.2, 0.25) is 0 Å². The molecule has 0 aliphatic heterocycles. The number of hydrogen-bond acceptors (Lipinski definition) is 5. The van der Waals surface area contributed by atoms with Crippen molar-refractivity contribution in [1.29, 1.82) is 0 Å². The summed E-state index contributed by atoms with van der Waals surface area (Å²) in [5.41, 5.74) is 2.50. The summed E-state index contributed by atoms with van der Waals surface area (Å²) in [6, 6.07) is 9.23. The highest BCUT2D eigenvalue weighted by Crippen LogP contribution is 2.12. The van der Waals surface area contributed by atoms with Crippen LogP contribution < -0.4 is 5.32 Å². The van der Waals surface area contributed by atoms with Crippen molar-refractivity contribution in [2.45, 2.75) is 13.5 Å². The van der Waals surface area contributed by atoms with E-state index in [0.29, 0.717) is 18.1 Å². The quantitative estimate of drug-likeness (QED) is 0.794. The van der Waals surface area contributed by atoms with E-state index < -0.39 is 0 Å². The molecular weight excluding hydrogens is 282 g/mol. The van der Waals surface area contributed by atoms with Crippen LogP contribution in [0.5, 0.6) is 0 Å². The number of ether oxygens (including phenoxy) is 1. The van der Waals surface area contributed by atoms with Crippen LogP contribution in [0.15, 0.2) is 36.5 Å². The molecule has 3 aromatic rings. The van der Waals surface area contributed by atoms with Gasteiger partial charge in [0, 0.05) is 24.7 Å². The Morgan fingerprint density at radius 1 is 1.36 bits per heavy atom. The van der Waals surface area contributed by atoms with Crippen LogP contribution in [0.1, 0.15) is 21.9 Å². The van der Waals surface area contributed by atoms with E-state index in [0.717, 1.165) is 11.3 Å². The van der Waals surface area contributed by atoms with Crippen molar-refractivity contribution in [2.24, 2.45) is 0 Å². The van der Waals surface area contributed by atoms with Gasteiger partial charge in [-0.15, -0.1) is 5.10 Å². The van der Waals surface area contributed by atoms with E-state index in [9.17, 15) is 4.79 Å². The highest BCUT2D eigenvalue weighted by atomic mass is 16.5. The summed E-state index contributed by atoms with van der Waals surface area (Å²) in [5, 5.41) is 6.95. The van der Waals surface area contributed by atoms with Gasteiger partial charge < -0.3 is 10.1 Å². The van der Waals surface area contributed by atoms with Crippen molar-refractivity contribution < 1.29 is 9.53 Å². The number of nitrogens with zero attached hydrogens (tertiary/aromatic N) is 4. The molecule has 3 rings (SSSR count). The maximum Gasteiger partial charge on any atom is 0.295 e. The third-order valence-corrected chi connectivity index (χ3v) is 3.13. The monoisotopic (exact) mass is 297 g/mol. The summed E-state index contributed by atoms with van der Waals surface area (Å²) in [4.78, 5) is 20.5. The highest BCUT2D eigenvalue weighted by molar-refractivity contribution is 6.01. The van der Waals surface area contributed by atoms with Gasteiger partial charge in [0.25, 0.3) is 11.7 Å². The minimum atomic E-state index is -0.375. The zero-order valence-electron chi connectivity index (χ0n) is 12.3. The Morgan fingerprint density at radius 2 is 2.23 bits per heavy atom. The molecule has 2 heterocycles. The van der Waals surface area contributed by atoms with E-state index in [1.54, 1.807) is 25.4 Å². The maximum atomic E-state index is 12.3. The van der Waals surface area contributed by atoms with Crippen LogP contribution >= 0.6 is 0 Å². The Kier molecular flexibility index (Phi) is 3.80. The fourth-order valence-corrected chi connectivity index (χ4v) is 2.10. The third-order valence-electron chi connectivity index (χ3n) is 3.13. The van der Waals surface area contributed by atoms with Gasteiger partial charge >= 0.3 is 0 Å². The lowest BCUT2D eigenvalue weighted by molar-refractivity contribution is 0.101. The number of hydrogen-bond donors (Lipinski definition) is 1. The van der Waals surface area contributed by atoms with Crippen molar-refractivity contribution in [3.05, 3.63) is 53.6 Å². The summed E-state index contributed by atoms with van der Waals surface area (Å²) in [7, 11) is 1.63. The molecule has 0 unspecified atom stereocenters. The number of aromatic nitrogens is 4. The zero-order valence-corrected chi connectivity index (χ0v) is 12.3. The Morgan fingerprint density at radius 3 is 3.00 bits per heavy atom. The lowest BCUT2D eigenvalue weighted by atomic mass is 10.2. The molecule has 1 amide bonds. The molecule has 0 radical (unpaired) electrons. The second kappa shape index (κ2) is 5.90. The highest BCUT2D eigenvalue weighted by Gasteiger charge is 2.14. The van der Waals surface area contributed by atoms with Crippen molar-refractivity contribution in [3.8, 4) is 0 Å². The summed E-state index contributed by atoms with van der Waals surface area (Å²) in [6.45, 7) is 2.36. The molecule has 1 aromatic carbocycles. The number of rotatable bonds is 4. The molecule has 7 nitrogen and oxygen atoms in total. The van der Waals surface area contributed by atoms with Crippen molar-refractivity contribution in [1.82, 2.24) is 19.6 Å². The van der Waals surface area contributed by atoms with E-state index in [2.05, 4.69) is 20.4 Å². The molecule has 0 fully saturated rings. The van der Waals surface area contributed by atoms with Gasteiger partial charge in [-0.2, -0.15) is 4.98 Å². The number of carbonyl (C=O) groups excluding carboxylic acids is 1. The number of aryl methyl sites for hydroxylation is 1. The van der Waals surface area contributed by atoms with Crippen LogP contribution in [0.3, 0.4) is 0 Å². The van der Waals surface area contributed by atoms with Gasteiger partial charge in [-0.3, -0.25) is 4.79 Å². The molecule has 0 saturated carbocycles. The zero-order chi connectivity index (χ0) is 15.5. The van der Waals surface area contributed by atoms with Gasteiger partial charge in [0.05, 0.1) is 6.61 Å². The van der Waals surface area contributed by atoms with Crippen LogP contribution in [0.25, 0.3) is 5.78 Å². The van der Waals surface area contributed by atoms with E-state index in [1.165, 1.54) is 4.52 Å². The molecular formula is C15H15N5O2. The van der Waals surface area contributed by atoms with Crippen LogP contribution in [-0.4, -0.2) is 32.6 Å². The number of fused-ring (bicyclic) bond motifs is 1. The maximum absolute atomic E-state index is 12.3. The van der Waals surface area contributed by atoms with Gasteiger partial charge in [0.15, 0.2) is 0 Å². The van der Waals surface area contributed by atoms with E-state index in [1.807, 2.05) is 25.1 Å². The second-order valence-electron chi connectivity index (χ2n) is 4.82. The van der Waals surface area contributed by atoms with Crippen LogP contribution in [-0.2, 0) is 11.3 Å². The number of benzene rings is 1. The lowest BCUT2D eigenvalue weighted by Crippen LogP contribution is -2.14. The van der Waals surface area contributed by atoms with E-state index in [-0.39, 0.29) is 11.7 Å². The molecule has 0 aliphatic carbocycles. The molecule has 22 heavy (non-hydrogen) atoms. The summed E-state index contributed by atoms with van der Waals surface area (Å²) in [5.74, 6) is 0.108. The Balaban J connectivity index is 1.84. The standard InChI is InChI=1S/C15H15N5O2/c1-10-6-7-16-15-18-13(19-20(10)15)14(21)17-12-5-3-4-11(8-12)9-22-2/h3-8H,9H2,1-2H3,(H,17,21). The Labute approximate surface area is 127 Å². The lowest BCUT2D eigenvalue weighted by Gasteiger charge is -2.05. The molecule has 1 N–H and O–H groups in total. The first-order valence-corrected chi connectivity index (χ1v) is 6.75. The molecule has 0 spiro atoms. The molecule has 0 bridgehead atoms. The molecule has 112 valence electrons. The van der Waals surface area contributed by atoms with Crippen molar-refractivity contribution >= 4 is 17.4 Å². The Hall–Kier alpha value is -2.80. The SMILES string of the molecule is COCc1cccc(NC(=O)c2nc3nccc(C)n3n2)c1. The third kappa shape index (κ3) is 2.79. The first kappa shape index (κ1) is 14.2. The number of methoxy groups -OCH3 is 1.